The lowest BCUT2D eigenvalue weighted by atomic mass is 10.0. The number of primary amides is 1. The van der Waals surface area contributed by atoms with Crippen molar-refractivity contribution in [1.82, 2.24) is 20.9 Å². The number of thiol groups is 1. The third-order valence-corrected chi connectivity index (χ3v) is 6.54. The van der Waals surface area contributed by atoms with Gasteiger partial charge in [0, 0.05) is 22.9 Å². The summed E-state index contributed by atoms with van der Waals surface area (Å²) in [6.45, 7) is 0. The predicted octanol–water partition coefficient (Wildman–Crippen LogP) is -0.865. The molecule has 0 radical (unpaired) electrons. The minimum absolute atomic E-state index is 0.163. The van der Waals surface area contributed by atoms with E-state index in [1.165, 1.54) is 11.8 Å². The van der Waals surface area contributed by atoms with Gasteiger partial charge in [0.2, 0.25) is 23.6 Å². The molecule has 0 aliphatic heterocycles. The molecule has 1 heterocycles. The Kier molecular flexibility index (Phi) is 11.8. The molecule has 4 atom stereocenters. The second-order valence-corrected chi connectivity index (χ2v) is 9.68. The van der Waals surface area contributed by atoms with E-state index < -0.39 is 60.2 Å². The summed E-state index contributed by atoms with van der Waals surface area (Å²) in [5.74, 6) is -4.04. The van der Waals surface area contributed by atoms with Gasteiger partial charge in [0.1, 0.15) is 18.1 Å². The molecular weight excluding hydrogens is 520 g/mol. The number of nitrogens with two attached hydrogens (primary N) is 2. The van der Waals surface area contributed by atoms with Gasteiger partial charge in [-0.05, 0) is 36.5 Å². The zero-order valence-electron chi connectivity index (χ0n) is 20.2. The second-order valence-electron chi connectivity index (χ2n) is 8.33. The molecule has 0 saturated heterocycles. The number of rotatable bonds is 15. The van der Waals surface area contributed by atoms with Gasteiger partial charge in [-0.1, -0.05) is 18.2 Å². The molecule has 2 aromatic rings. The van der Waals surface area contributed by atoms with Gasteiger partial charge in [0.15, 0.2) is 0 Å². The number of nitrogens with one attached hydrogen (secondary N) is 4. The van der Waals surface area contributed by atoms with Crippen molar-refractivity contribution < 1.29 is 29.1 Å². The van der Waals surface area contributed by atoms with Crippen molar-refractivity contribution in [3.8, 4) is 0 Å². The van der Waals surface area contributed by atoms with Crippen molar-refractivity contribution in [2.24, 2.45) is 11.5 Å². The molecule has 1 aromatic heterocycles. The van der Waals surface area contributed by atoms with Crippen LogP contribution in [0.3, 0.4) is 0 Å². The number of aromatic amines is 1. The van der Waals surface area contributed by atoms with Crippen molar-refractivity contribution in [3.05, 3.63) is 36.0 Å². The van der Waals surface area contributed by atoms with E-state index in [0.29, 0.717) is 5.75 Å². The van der Waals surface area contributed by atoms with E-state index in [2.05, 4.69) is 33.6 Å². The number of aromatic nitrogens is 1. The molecule has 1 aromatic carbocycles. The third-order valence-electron chi connectivity index (χ3n) is 5.53. The van der Waals surface area contributed by atoms with Crippen molar-refractivity contribution >= 4 is 64.9 Å². The molecule has 0 aliphatic carbocycles. The largest absolute Gasteiger partial charge is 0.480 e. The Morgan fingerprint density at radius 2 is 1.65 bits per heavy atom. The van der Waals surface area contributed by atoms with E-state index >= 15 is 0 Å². The molecule has 12 nitrogen and oxygen atoms in total. The first-order valence-corrected chi connectivity index (χ1v) is 13.4. The highest BCUT2D eigenvalue weighted by Crippen LogP contribution is 2.18. The average molecular weight is 553 g/mol. The number of carboxylic acids is 1. The number of hydrogen-bond donors (Lipinski definition) is 8. The monoisotopic (exact) mass is 552 g/mol. The fourth-order valence-corrected chi connectivity index (χ4v) is 4.28. The molecule has 0 spiro atoms. The van der Waals surface area contributed by atoms with Crippen LogP contribution in [-0.4, -0.2) is 81.6 Å². The van der Waals surface area contributed by atoms with E-state index in [9.17, 15) is 29.1 Å². The normalized spacial score (nSPS) is 14.2. The first kappa shape index (κ1) is 30.0. The van der Waals surface area contributed by atoms with Crippen molar-refractivity contribution in [2.75, 3.05) is 17.8 Å². The SMILES string of the molecule is CSCCC(NC(=O)C(N)Cc1c[nH]c2ccccc12)C(=O)NC(CS)C(=O)NC(CC(N)=O)C(=O)O. The molecule has 37 heavy (non-hydrogen) atoms. The van der Waals surface area contributed by atoms with Gasteiger partial charge < -0.3 is 37.5 Å². The van der Waals surface area contributed by atoms with Crippen LogP contribution in [0.1, 0.15) is 18.4 Å². The second kappa shape index (κ2) is 14.5. The Morgan fingerprint density at radius 3 is 2.27 bits per heavy atom. The fourth-order valence-electron chi connectivity index (χ4n) is 3.55. The van der Waals surface area contributed by atoms with E-state index in [-0.39, 0.29) is 18.6 Å². The van der Waals surface area contributed by atoms with Crippen LogP contribution < -0.4 is 27.4 Å². The minimum Gasteiger partial charge on any atom is -0.480 e. The summed E-state index contributed by atoms with van der Waals surface area (Å²) in [7, 11) is 0. The molecule has 2 rings (SSSR count). The van der Waals surface area contributed by atoms with Gasteiger partial charge in [-0.2, -0.15) is 24.4 Å². The quantitative estimate of drug-likeness (QED) is 0.130. The number of amides is 4. The molecule has 14 heteroatoms. The Hall–Kier alpha value is -3.23. The fraction of sp³-hybridized carbons (Fsp3) is 0.435. The molecule has 4 unspecified atom stereocenters. The first-order valence-electron chi connectivity index (χ1n) is 11.4. The Balaban J connectivity index is 2.05. The van der Waals surface area contributed by atoms with Crippen molar-refractivity contribution in [2.45, 2.75) is 43.4 Å². The van der Waals surface area contributed by atoms with Gasteiger partial charge in [-0.25, -0.2) is 4.79 Å². The zero-order valence-corrected chi connectivity index (χ0v) is 21.9. The highest BCUT2D eigenvalue weighted by Gasteiger charge is 2.30. The van der Waals surface area contributed by atoms with Crippen LogP contribution in [0.2, 0.25) is 0 Å². The summed E-state index contributed by atoms with van der Waals surface area (Å²) < 4.78 is 0. The van der Waals surface area contributed by atoms with Crippen LogP contribution in [0.5, 0.6) is 0 Å². The maximum atomic E-state index is 13.0. The number of aliphatic carboxylic acids is 1. The lowest BCUT2D eigenvalue weighted by Crippen LogP contribution is -2.58. The topological polar surface area (TPSA) is 209 Å². The average Bonchev–Trinajstić information content (AvgIpc) is 3.26. The molecule has 0 aliphatic rings. The van der Waals surface area contributed by atoms with Crippen LogP contribution in [0, 0.1) is 0 Å². The highest BCUT2D eigenvalue weighted by molar-refractivity contribution is 7.98. The lowest BCUT2D eigenvalue weighted by Gasteiger charge is -2.24. The lowest BCUT2D eigenvalue weighted by molar-refractivity contribution is -0.143. The first-order chi connectivity index (χ1) is 17.6. The van der Waals surface area contributed by atoms with Crippen molar-refractivity contribution in [1.29, 1.82) is 0 Å². The number of carbonyl (C=O) groups excluding carboxylic acids is 4. The highest BCUT2D eigenvalue weighted by atomic mass is 32.2. The number of H-pyrrole nitrogens is 1. The number of hydrogen-bond acceptors (Lipinski definition) is 8. The van der Waals surface area contributed by atoms with Gasteiger partial charge in [-0.15, -0.1) is 0 Å². The van der Waals surface area contributed by atoms with Crippen LogP contribution in [0.15, 0.2) is 30.5 Å². The van der Waals surface area contributed by atoms with E-state index in [4.69, 9.17) is 11.5 Å². The Morgan fingerprint density at radius 1 is 1.03 bits per heavy atom. The van der Waals surface area contributed by atoms with Gasteiger partial charge in [0.05, 0.1) is 12.5 Å². The standard InChI is InChI=1S/C23H32N6O6S2/c1-37-7-6-16(21(32)29-18(11-36)22(33)28-17(23(34)35)9-19(25)30)27-20(31)14(24)8-12-10-26-15-5-3-2-4-13(12)15/h2-5,10,14,16-18,26,36H,6-9,11,24H2,1H3,(H2,25,30)(H,27,31)(H,28,33)(H,29,32)(H,34,35). The molecule has 0 bridgehead atoms. The van der Waals surface area contributed by atoms with E-state index in [0.717, 1.165) is 16.5 Å². The van der Waals surface area contributed by atoms with E-state index in [1.54, 1.807) is 6.20 Å². The maximum Gasteiger partial charge on any atom is 0.326 e. The minimum atomic E-state index is -1.56. The number of benzene rings is 1. The number of thioether (sulfide) groups is 1. The number of carboxylic acid groups (broad SMARTS) is 1. The Bertz CT molecular complexity index is 1130. The summed E-state index contributed by atoms with van der Waals surface area (Å²) in [5.41, 5.74) is 12.9. The molecule has 0 fully saturated rings. The number of carbonyl (C=O) groups is 5. The number of fused-ring (bicyclic) bond motifs is 1. The number of para-hydroxylation sites is 1. The van der Waals surface area contributed by atoms with E-state index in [1.807, 2.05) is 30.5 Å². The van der Waals surface area contributed by atoms with Crippen LogP contribution in [-0.2, 0) is 30.4 Å². The maximum absolute atomic E-state index is 13.0. The van der Waals surface area contributed by atoms with Crippen molar-refractivity contribution in [3.63, 3.8) is 0 Å². The summed E-state index contributed by atoms with van der Waals surface area (Å²) >= 11 is 5.53. The zero-order chi connectivity index (χ0) is 27.5. The van der Waals surface area contributed by atoms with Gasteiger partial charge in [0.25, 0.3) is 0 Å². The summed E-state index contributed by atoms with van der Waals surface area (Å²) in [6, 6.07) is 2.90. The van der Waals surface area contributed by atoms with Gasteiger partial charge >= 0.3 is 5.97 Å². The van der Waals surface area contributed by atoms with Gasteiger partial charge in [-0.3, -0.25) is 19.2 Å². The molecule has 0 saturated carbocycles. The Labute approximate surface area is 223 Å². The summed E-state index contributed by atoms with van der Waals surface area (Å²) in [5, 5.41) is 17.4. The molecule has 202 valence electrons. The van der Waals surface area contributed by atoms with Crippen LogP contribution in [0.25, 0.3) is 10.9 Å². The smallest absolute Gasteiger partial charge is 0.326 e. The van der Waals surface area contributed by atoms with Crippen LogP contribution in [0.4, 0.5) is 0 Å². The third kappa shape index (κ3) is 8.98. The molecule has 4 amide bonds. The van der Waals surface area contributed by atoms with Crippen LogP contribution >= 0.6 is 24.4 Å². The molecule has 9 N–H and O–H groups in total. The summed E-state index contributed by atoms with van der Waals surface area (Å²) in [4.78, 5) is 63.9. The predicted molar refractivity (Wildman–Crippen MR) is 144 cm³/mol. The molecular formula is C23H32N6O6S2. The summed E-state index contributed by atoms with van der Waals surface area (Å²) in [6.07, 6.45) is 3.52.